The minimum Gasteiger partial charge on any atom is -0.364 e. The molecule has 1 unspecified atom stereocenters. The number of carbonyl (C=O) groups is 2. The molecular weight excluding hydrogens is 406 g/mol. The lowest BCUT2D eigenvalue weighted by atomic mass is 9.99. The minimum absolute atomic E-state index is 0.108. The van der Waals surface area contributed by atoms with Crippen LogP contribution in [0.5, 0.6) is 0 Å². The van der Waals surface area contributed by atoms with E-state index in [2.05, 4.69) is 20.6 Å². The molecule has 3 aromatic rings. The molecule has 6 N–H and O–H groups in total. The molecule has 166 valence electrons. The third-order valence-electron chi connectivity index (χ3n) is 5.73. The van der Waals surface area contributed by atoms with E-state index in [0.717, 1.165) is 37.9 Å². The molecule has 1 aromatic carbocycles. The van der Waals surface area contributed by atoms with E-state index in [-0.39, 0.29) is 17.5 Å². The van der Waals surface area contributed by atoms with Crippen LogP contribution < -0.4 is 22.2 Å². The number of hydrogen-bond acceptors (Lipinski definition) is 6. The molecule has 3 heterocycles. The summed E-state index contributed by atoms with van der Waals surface area (Å²) in [6.45, 7) is 3.75. The lowest BCUT2D eigenvalue weighted by Gasteiger charge is -2.22. The molecule has 4 rings (SSSR count). The molecule has 0 bridgehead atoms. The quantitative estimate of drug-likeness (QED) is 0.439. The molecule has 0 aliphatic carbocycles. The average Bonchev–Trinajstić information content (AvgIpc) is 3.17. The highest BCUT2D eigenvalue weighted by molar-refractivity contribution is 6.04. The normalized spacial score (nSPS) is 16.0. The maximum absolute atomic E-state index is 12.6. The number of nitrogen functional groups attached to an aromatic ring is 1. The fourth-order valence-corrected chi connectivity index (χ4v) is 3.98. The van der Waals surface area contributed by atoms with Crippen LogP contribution in [0.15, 0.2) is 42.6 Å². The Morgan fingerprint density at radius 2 is 2.03 bits per heavy atom. The Morgan fingerprint density at radius 1 is 1.25 bits per heavy atom. The number of aromatic nitrogens is 3. The van der Waals surface area contributed by atoms with E-state index >= 15 is 0 Å². The summed E-state index contributed by atoms with van der Waals surface area (Å²) in [6.07, 6.45) is 4.48. The number of benzene rings is 1. The van der Waals surface area contributed by atoms with Gasteiger partial charge in [0.05, 0.1) is 0 Å². The molecule has 9 nitrogen and oxygen atoms in total. The largest absolute Gasteiger partial charge is 0.364 e. The molecule has 2 amide bonds. The van der Waals surface area contributed by atoms with Crippen LogP contribution in [0.3, 0.4) is 0 Å². The fraction of sp³-hybridized carbons (Fsp3) is 0.304. The van der Waals surface area contributed by atoms with Gasteiger partial charge in [-0.15, -0.1) is 0 Å². The second-order valence-electron chi connectivity index (χ2n) is 7.88. The molecule has 2 aromatic heterocycles. The van der Waals surface area contributed by atoms with Crippen molar-refractivity contribution in [2.45, 2.75) is 32.1 Å². The van der Waals surface area contributed by atoms with Crippen LogP contribution in [0.4, 0.5) is 5.82 Å². The highest BCUT2D eigenvalue weighted by Gasteiger charge is 2.27. The summed E-state index contributed by atoms with van der Waals surface area (Å²) in [7, 11) is 0. The van der Waals surface area contributed by atoms with Gasteiger partial charge in [0.2, 0.25) is 0 Å². The molecule has 1 aliphatic rings. The van der Waals surface area contributed by atoms with Gasteiger partial charge in [-0.05, 0) is 55.6 Å². The topological polar surface area (TPSA) is 141 Å². The van der Waals surface area contributed by atoms with Gasteiger partial charge in [-0.3, -0.25) is 9.59 Å². The first-order chi connectivity index (χ1) is 15.5. The molecule has 1 aliphatic heterocycles. The Morgan fingerprint density at radius 3 is 2.69 bits per heavy atom. The monoisotopic (exact) mass is 433 g/mol. The Labute approximate surface area is 186 Å². The second-order valence-corrected chi connectivity index (χ2v) is 7.88. The summed E-state index contributed by atoms with van der Waals surface area (Å²) in [4.78, 5) is 33.6. The number of carbonyl (C=O) groups excluding carboxylic acids is 2. The number of nitrogens with one attached hydrogen (secondary N) is 2. The Kier molecular flexibility index (Phi) is 6.18. The summed E-state index contributed by atoms with van der Waals surface area (Å²) >= 11 is 0. The predicted molar refractivity (Wildman–Crippen MR) is 123 cm³/mol. The van der Waals surface area contributed by atoms with Gasteiger partial charge < -0.3 is 22.2 Å². The van der Waals surface area contributed by atoms with Gasteiger partial charge in [-0.2, -0.15) is 0 Å². The molecule has 0 spiro atoms. The number of pyridine rings is 1. The first-order valence-electron chi connectivity index (χ1n) is 10.7. The van der Waals surface area contributed by atoms with Gasteiger partial charge in [0.15, 0.2) is 5.69 Å². The van der Waals surface area contributed by atoms with Crippen LogP contribution in [0, 0.1) is 0 Å². The van der Waals surface area contributed by atoms with Crippen molar-refractivity contribution in [2.24, 2.45) is 5.73 Å². The molecule has 1 atom stereocenters. The standard InChI is InChI=1S/C23H27N7O2/c1-2-14-9-11-27-18(12-14)28-23(32)16-7-5-15(6-8-16)19-20(21(24)31)30(25)22(29-19)17-4-3-10-26-13-17/h5-9,11-12,17,26H,2-4,10,13,25H2,1H3,(H2,24,31)(H,27,28,32). The van der Waals surface area contributed by atoms with Crippen molar-refractivity contribution in [3.05, 3.63) is 65.2 Å². The number of anilines is 1. The van der Waals surface area contributed by atoms with E-state index in [9.17, 15) is 9.59 Å². The summed E-state index contributed by atoms with van der Waals surface area (Å²) in [6, 6.07) is 10.6. The second kappa shape index (κ2) is 9.19. The van der Waals surface area contributed by atoms with E-state index in [4.69, 9.17) is 11.6 Å². The molecule has 9 heteroatoms. The van der Waals surface area contributed by atoms with E-state index in [1.807, 2.05) is 19.1 Å². The molecular formula is C23H27N7O2. The van der Waals surface area contributed by atoms with Crippen LogP contribution in [0.2, 0.25) is 0 Å². The smallest absolute Gasteiger partial charge is 0.269 e. The van der Waals surface area contributed by atoms with Gasteiger partial charge in [0.25, 0.3) is 11.8 Å². The number of primary amides is 1. The zero-order valence-corrected chi connectivity index (χ0v) is 18.0. The van der Waals surface area contributed by atoms with E-state index in [1.54, 1.807) is 30.5 Å². The van der Waals surface area contributed by atoms with E-state index in [0.29, 0.717) is 28.5 Å². The van der Waals surface area contributed by atoms with Crippen molar-refractivity contribution < 1.29 is 9.59 Å². The van der Waals surface area contributed by atoms with Crippen molar-refractivity contribution >= 4 is 17.6 Å². The number of hydrogen-bond donors (Lipinski definition) is 4. The number of nitrogens with two attached hydrogens (primary N) is 2. The van der Waals surface area contributed by atoms with E-state index in [1.165, 1.54) is 4.68 Å². The number of rotatable bonds is 6. The Bertz CT molecular complexity index is 1130. The molecule has 0 radical (unpaired) electrons. The molecule has 0 saturated carbocycles. The summed E-state index contributed by atoms with van der Waals surface area (Å²) < 4.78 is 1.31. The average molecular weight is 434 g/mol. The maximum atomic E-state index is 12.6. The zero-order valence-electron chi connectivity index (χ0n) is 18.0. The van der Waals surface area contributed by atoms with Crippen LogP contribution in [-0.4, -0.2) is 39.5 Å². The van der Waals surface area contributed by atoms with Crippen molar-refractivity contribution in [1.29, 1.82) is 0 Å². The van der Waals surface area contributed by atoms with Gasteiger partial charge in [0.1, 0.15) is 17.3 Å². The third kappa shape index (κ3) is 4.33. The first-order valence-corrected chi connectivity index (χ1v) is 10.7. The zero-order chi connectivity index (χ0) is 22.7. The van der Waals surface area contributed by atoms with E-state index < -0.39 is 5.91 Å². The maximum Gasteiger partial charge on any atom is 0.269 e. The summed E-state index contributed by atoms with van der Waals surface area (Å²) in [5.41, 5.74) is 8.41. The lowest BCUT2D eigenvalue weighted by Crippen LogP contribution is -2.32. The van der Waals surface area contributed by atoms with Crippen molar-refractivity contribution in [2.75, 3.05) is 24.2 Å². The van der Waals surface area contributed by atoms with Crippen LogP contribution >= 0.6 is 0 Å². The number of nitrogens with zero attached hydrogens (tertiary/aromatic N) is 3. The third-order valence-corrected chi connectivity index (χ3v) is 5.73. The minimum atomic E-state index is -0.645. The summed E-state index contributed by atoms with van der Waals surface area (Å²) in [5, 5.41) is 6.14. The van der Waals surface area contributed by atoms with Gasteiger partial charge >= 0.3 is 0 Å². The number of piperidine rings is 1. The Hall–Kier alpha value is -3.72. The van der Waals surface area contributed by atoms with Gasteiger partial charge in [0, 0.05) is 29.8 Å². The van der Waals surface area contributed by atoms with Crippen molar-refractivity contribution in [3.8, 4) is 11.3 Å². The highest BCUT2D eigenvalue weighted by atomic mass is 16.2. The lowest BCUT2D eigenvalue weighted by molar-refractivity contribution is 0.0991. The SMILES string of the molecule is CCc1ccnc(NC(=O)c2ccc(-c3nc(C4CCCNC4)n(N)c3C(N)=O)cc2)c1. The number of imidazole rings is 1. The number of amides is 2. The molecule has 32 heavy (non-hydrogen) atoms. The van der Waals surface area contributed by atoms with Crippen LogP contribution in [-0.2, 0) is 6.42 Å². The summed E-state index contributed by atoms with van der Waals surface area (Å²) in [5.74, 6) is 6.54. The predicted octanol–water partition coefficient (Wildman–Crippen LogP) is 2.04. The Balaban J connectivity index is 1.59. The molecule has 1 fully saturated rings. The van der Waals surface area contributed by atoms with Gasteiger partial charge in [-0.1, -0.05) is 19.1 Å². The van der Waals surface area contributed by atoms with Crippen molar-refractivity contribution in [1.82, 2.24) is 20.0 Å². The van der Waals surface area contributed by atoms with Gasteiger partial charge in [-0.25, -0.2) is 14.6 Å². The van der Waals surface area contributed by atoms with Crippen LogP contribution in [0.25, 0.3) is 11.3 Å². The number of aryl methyl sites for hydroxylation is 1. The first kappa shape index (κ1) is 21.5. The van der Waals surface area contributed by atoms with Crippen LogP contribution in [0.1, 0.15) is 57.9 Å². The highest BCUT2D eigenvalue weighted by Crippen LogP contribution is 2.29. The van der Waals surface area contributed by atoms with Crippen molar-refractivity contribution in [3.63, 3.8) is 0 Å². The fourth-order valence-electron chi connectivity index (χ4n) is 3.98. The molecule has 1 saturated heterocycles.